The van der Waals surface area contributed by atoms with E-state index < -0.39 is 0 Å². The van der Waals surface area contributed by atoms with Gasteiger partial charge in [-0.25, -0.2) is 0 Å². The minimum absolute atomic E-state index is 0.149. The van der Waals surface area contributed by atoms with Crippen molar-refractivity contribution in [3.05, 3.63) is 40.6 Å². The lowest BCUT2D eigenvalue weighted by Gasteiger charge is -2.11. The third-order valence-corrected chi connectivity index (χ3v) is 3.30. The highest BCUT2D eigenvalue weighted by molar-refractivity contribution is 6.31. The SMILES string of the molecule is Cc1nn(C)c(CN[C@@H](C)c2ccco2)c1Cl. The molecule has 2 rings (SSSR count). The summed E-state index contributed by atoms with van der Waals surface area (Å²) in [5, 5.41) is 8.36. The first-order valence-electron chi connectivity index (χ1n) is 5.54. The van der Waals surface area contributed by atoms with Crippen LogP contribution in [0.3, 0.4) is 0 Å². The summed E-state index contributed by atoms with van der Waals surface area (Å²) in [6.45, 7) is 4.62. The van der Waals surface area contributed by atoms with E-state index in [-0.39, 0.29) is 6.04 Å². The van der Waals surface area contributed by atoms with E-state index >= 15 is 0 Å². The van der Waals surface area contributed by atoms with Crippen molar-refractivity contribution in [1.29, 1.82) is 0 Å². The van der Waals surface area contributed by atoms with Gasteiger partial charge in [0.2, 0.25) is 0 Å². The minimum Gasteiger partial charge on any atom is -0.468 e. The maximum atomic E-state index is 6.18. The molecule has 2 aromatic rings. The van der Waals surface area contributed by atoms with Gasteiger partial charge >= 0.3 is 0 Å². The van der Waals surface area contributed by atoms with Gasteiger partial charge in [0.25, 0.3) is 0 Å². The maximum absolute atomic E-state index is 6.18. The van der Waals surface area contributed by atoms with Gasteiger partial charge in [-0.3, -0.25) is 4.68 Å². The van der Waals surface area contributed by atoms with Gasteiger partial charge < -0.3 is 9.73 Å². The van der Waals surface area contributed by atoms with Gasteiger partial charge in [0.15, 0.2) is 0 Å². The van der Waals surface area contributed by atoms with Gasteiger partial charge in [0.1, 0.15) is 5.76 Å². The molecule has 2 heterocycles. The summed E-state index contributed by atoms with van der Waals surface area (Å²) in [6, 6.07) is 3.99. The van der Waals surface area contributed by atoms with Crippen LogP contribution < -0.4 is 5.32 Å². The molecular weight excluding hydrogens is 238 g/mol. The summed E-state index contributed by atoms with van der Waals surface area (Å²) in [7, 11) is 1.90. The Balaban J connectivity index is 2.03. The number of furan rings is 1. The second kappa shape index (κ2) is 4.94. The number of aryl methyl sites for hydroxylation is 2. The number of nitrogens with zero attached hydrogens (tertiary/aromatic N) is 2. The Morgan fingerprint density at radius 2 is 2.35 bits per heavy atom. The molecule has 0 saturated heterocycles. The smallest absolute Gasteiger partial charge is 0.120 e. The highest BCUT2D eigenvalue weighted by Gasteiger charge is 2.13. The highest BCUT2D eigenvalue weighted by atomic mass is 35.5. The molecule has 0 aliphatic heterocycles. The Morgan fingerprint density at radius 3 is 2.88 bits per heavy atom. The van der Waals surface area contributed by atoms with Crippen molar-refractivity contribution in [3.63, 3.8) is 0 Å². The fourth-order valence-corrected chi connectivity index (χ4v) is 1.99. The molecule has 4 nitrogen and oxygen atoms in total. The Bertz CT molecular complexity index is 490. The van der Waals surface area contributed by atoms with E-state index in [1.54, 1.807) is 10.9 Å². The minimum atomic E-state index is 0.149. The molecule has 2 aromatic heterocycles. The number of aromatic nitrogens is 2. The van der Waals surface area contributed by atoms with Crippen LogP contribution in [-0.4, -0.2) is 9.78 Å². The summed E-state index contributed by atoms with van der Waals surface area (Å²) in [6.07, 6.45) is 1.68. The molecule has 92 valence electrons. The maximum Gasteiger partial charge on any atom is 0.120 e. The molecule has 1 N–H and O–H groups in total. The van der Waals surface area contributed by atoms with E-state index in [1.807, 2.05) is 26.1 Å². The fraction of sp³-hybridized carbons (Fsp3) is 0.417. The summed E-state index contributed by atoms with van der Waals surface area (Å²) >= 11 is 6.18. The van der Waals surface area contributed by atoms with Crippen LogP contribution >= 0.6 is 11.6 Å². The standard InChI is InChI=1S/C12H16ClN3O/c1-8(11-5-4-6-17-11)14-7-10-12(13)9(2)15-16(10)3/h4-6,8,14H,7H2,1-3H3/t8-/m0/s1. The first kappa shape index (κ1) is 12.2. The van der Waals surface area contributed by atoms with Crippen LogP contribution in [0.1, 0.15) is 30.1 Å². The highest BCUT2D eigenvalue weighted by Crippen LogP contribution is 2.20. The molecule has 0 fully saturated rings. The zero-order valence-electron chi connectivity index (χ0n) is 10.2. The third-order valence-electron chi connectivity index (χ3n) is 2.81. The molecule has 0 unspecified atom stereocenters. The molecule has 0 aromatic carbocycles. The lowest BCUT2D eigenvalue weighted by Crippen LogP contribution is -2.19. The normalized spacial score (nSPS) is 12.9. The molecule has 5 heteroatoms. The number of hydrogen-bond acceptors (Lipinski definition) is 3. The van der Waals surface area contributed by atoms with E-state index in [0.717, 1.165) is 22.2 Å². The van der Waals surface area contributed by atoms with Crippen LogP contribution in [0.25, 0.3) is 0 Å². The van der Waals surface area contributed by atoms with Crippen molar-refractivity contribution in [2.24, 2.45) is 7.05 Å². The second-order valence-corrected chi connectivity index (χ2v) is 4.47. The molecule has 0 amide bonds. The first-order valence-corrected chi connectivity index (χ1v) is 5.92. The van der Waals surface area contributed by atoms with Crippen molar-refractivity contribution in [3.8, 4) is 0 Å². The zero-order valence-corrected chi connectivity index (χ0v) is 11.0. The average Bonchev–Trinajstić information content (AvgIpc) is 2.88. The first-order chi connectivity index (χ1) is 8.09. The molecule has 0 spiro atoms. The second-order valence-electron chi connectivity index (χ2n) is 4.09. The number of hydrogen-bond donors (Lipinski definition) is 1. The van der Waals surface area contributed by atoms with E-state index in [4.69, 9.17) is 16.0 Å². The van der Waals surface area contributed by atoms with Crippen molar-refractivity contribution in [2.75, 3.05) is 0 Å². The number of rotatable bonds is 4. The largest absolute Gasteiger partial charge is 0.468 e. The molecule has 0 saturated carbocycles. The molecule has 0 aliphatic carbocycles. The van der Waals surface area contributed by atoms with Crippen molar-refractivity contribution >= 4 is 11.6 Å². The molecule has 0 bridgehead atoms. The Morgan fingerprint density at radius 1 is 1.59 bits per heavy atom. The third kappa shape index (κ3) is 2.53. The van der Waals surface area contributed by atoms with Gasteiger partial charge in [-0.05, 0) is 26.0 Å². The molecule has 0 radical (unpaired) electrons. The van der Waals surface area contributed by atoms with Crippen molar-refractivity contribution < 1.29 is 4.42 Å². The van der Waals surface area contributed by atoms with E-state index in [9.17, 15) is 0 Å². The summed E-state index contributed by atoms with van der Waals surface area (Å²) in [5.74, 6) is 0.917. The van der Waals surface area contributed by atoms with Gasteiger partial charge in [-0.2, -0.15) is 5.10 Å². The van der Waals surface area contributed by atoms with Gasteiger partial charge in [0, 0.05) is 13.6 Å². The predicted octanol–water partition coefficient (Wildman–Crippen LogP) is 2.83. The van der Waals surface area contributed by atoms with Crippen molar-refractivity contribution in [2.45, 2.75) is 26.4 Å². The van der Waals surface area contributed by atoms with Crippen LogP contribution in [0.4, 0.5) is 0 Å². The van der Waals surface area contributed by atoms with Crippen LogP contribution in [0.15, 0.2) is 22.8 Å². The van der Waals surface area contributed by atoms with E-state index in [0.29, 0.717) is 6.54 Å². The van der Waals surface area contributed by atoms with Crippen LogP contribution in [-0.2, 0) is 13.6 Å². The molecule has 1 atom stereocenters. The quantitative estimate of drug-likeness (QED) is 0.911. The molecule has 17 heavy (non-hydrogen) atoms. The van der Waals surface area contributed by atoms with Gasteiger partial charge in [-0.1, -0.05) is 11.6 Å². The van der Waals surface area contributed by atoms with Crippen molar-refractivity contribution in [1.82, 2.24) is 15.1 Å². The van der Waals surface area contributed by atoms with Crippen LogP contribution in [0.5, 0.6) is 0 Å². The summed E-state index contributed by atoms with van der Waals surface area (Å²) < 4.78 is 7.14. The summed E-state index contributed by atoms with van der Waals surface area (Å²) in [4.78, 5) is 0. The lowest BCUT2D eigenvalue weighted by atomic mass is 10.2. The van der Waals surface area contributed by atoms with E-state index in [1.165, 1.54) is 0 Å². The van der Waals surface area contributed by atoms with E-state index in [2.05, 4.69) is 17.3 Å². The molecule has 0 aliphatic rings. The molecular formula is C12H16ClN3O. The number of nitrogens with one attached hydrogen (secondary N) is 1. The number of halogens is 1. The predicted molar refractivity (Wildman–Crippen MR) is 66.9 cm³/mol. The fourth-order valence-electron chi connectivity index (χ4n) is 1.76. The van der Waals surface area contributed by atoms with Gasteiger partial charge in [-0.15, -0.1) is 0 Å². The Labute approximate surface area is 106 Å². The van der Waals surface area contributed by atoms with Crippen LogP contribution in [0, 0.1) is 6.92 Å². The Kier molecular flexibility index (Phi) is 3.54. The Hall–Kier alpha value is -1.26. The monoisotopic (exact) mass is 253 g/mol. The zero-order chi connectivity index (χ0) is 12.4. The lowest BCUT2D eigenvalue weighted by molar-refractivity contribution is 0.426. The topological polar surface area (TPSA) is 43.0 Å². The van der Waals surface area contributed by atoms with Crippen LogP contribution in [0.2, 0.25) is 5.02 Å². The average molecular weight is 254 g/mol. The van der Waals surface area contributed by atoms with Gasteiger partial charge in [0.05, 0.1) is 28.7 Å². The summed E-state index contributed by atoms with van der Waals surface area (Å²) in [5.41, 5.74) is 1.85.